The lowest BCUT2D eigenvalue weighted by Crippen LogP contribution is -2.51. The van der Waals surface area contributed by atoms with Gasteiger partial charge in [0, 0.05) is 21.6 Å². The van der Waals surface area contributed by atoms with E-state index in [2.05, 4.69) is 0 Å². The average molecular weight is 302 g/mol. The van der Waals surface area contributed by atoms with Crippen LogP contribution in [0.1, 0.15) is 31.9 Å². The van der Waals surface area contributed by atoms with Crippen molar-refractivity contribution in [1.29, 1.82) is 0 Å². The van der Waals surface area contributed by atoms with Crippen LogP contribution in [0.4, 0.5) is 4.79 Å². The monoisotopic (exact) mass is 301 g/mol. The summed E-state index contributed by atoms with van der Waals surface area (Å²) < 4.78 is 0. The molecule has 0 bridgehead atoms. The first kappa shape index (κ1) is 14.5. The molecule has 3 nitrogen and oxygen atoms in total. The molecule has 0 aliphatic heterocycles. The Labute approximate surface area is 123 Å². The predicted molar refractivity (Wildman–Crippen MR) is 77.3 cm³/mol. The summed E-state index contributed by atoms with van der Waals surface area (Å²) in [5, 5.41) is 10.7. The number of benzene rings is 1. The minimum absolute atomic E-state index is 0.0801. The van der Waals surface area contributed by atoms with E-state index in [1.165, 1.54) is 4.90 Å². The van der Waals surface area contributed by atoms with E-state index in [1.54, 1.807) is 6.07 Å². The van der Waals surface area contributed by atoms with Gasteiger partial charge in [-0.1, -0.05) is 23.2 Å². The van der Waals surface area contributed by atoms with Crippen molar-refractivity contribution in [2.45, 2.75) is 45.2 Å². The second-order valence-electron chi connectivity index (χ2n) is 5.91. The van der Waals surface area contributed by atoms with Crippen molar-refractivity contribution in [3.8, 4) is 0 Å². The lowest BCUT2D eigenvalue weighted by atomic mass is 10.0. The lowest BCUT2D eigenvalue weighted by Gasteiger charge is -2.38. The molecule has 1 amide bonds. The molecule has 5 heteroatoms. The summed E-state index contributed by atoms with van der Waals surface area (Å²) in [5.41, 5.74) is 1.64. The van der Waals surface area contributed by atoms with Crippen molar-refractivity contribution in [3.63, 3.8) is 0 Å². The lowest BCUT2D eigenvalue weighted by molar-refractivity contribution is 0.0731. The van der Waals surface area contributed by atoms with Crippen LogP contribution in [-0.4, -0.2) is 27.7 Å². The summed E-state index contributed by atoms with van der Waals surface area (Å²) in [6.07, 6.45) is 0.418. The molecule has 0 spiro atoms. The molecule has 0 saturated heterocycles. The van der Waals surface area contributed by atoms with E-state index >= 15 is 0 Å². The van der Waals surface area contributed by atoms with Gasteiger partial charge in [-0.05, 0) is 56.9 Å². The fraction of sp³-hybridized carbons (Fsp3) is 0.500. The van der Waals surface area contributed by atoms with Gasteiger partial charge in [0.1, 0.15) is 0 Å². The Hall–Kier alpha value is -0.930. The summed E-state index contributed by atoms with van der Waals surface area (Å²) in [4.78, 5) is 13.0. The van der Waals surface area contributed by atoms with Crippen molar-refractivity contribution in [2.24, 2.45) is 0 Å². The van der Waals surface area contributed by atoms with Gasteiger partial charge >= 0.3 is 6.09 Å². The highest BCUT2D eigenvalue weighted by Crippen LogP contribution is 2.35. The fourth-order valence-electron chi connectivity index (χ4n) is 2.80. The molecule has 1 atom stereocenters. The molecule has 1 aromatic rings. The van der Waals surface area contributed by atoms with Gasteiger partial charge < -0.3 is 5.11 Å². The van der Waals surface area contributed by atoms with Gasteiger partial charge in [0.15, 0.2) is 0 Å². The largest absolute Gasteiger partial charge is 0.465 e. The zero-order chi connectivity index (χ0) is 14.4. The van der Waals surface area contributed by atoms with Gasteiger partial charge in [-0.3, -0.25) is 4.90 Å². The first-order valence-electron chi connectivity index (χ1n) is 6.19. The third kappa shape index (κ3) is 2.82. The van der Waals surface area contributed by atoms with Crippen molar-refractivity contribution in [3.05, 3.63) is 33.3 Å². The van der Waals surface area contributed by atoms with Crippen molar-refractivity contribution >= 4 is 29.3 Å². The highest BCUT2D eigenvalue weighted by atomic mass is 35.5. The number of rotatable bonds is 1. The predicted octanol–water partition coefficient (Wildman–Crippen LogP) is 4.24. The maximum Gasteiger partial charge on any atom is 0.408 e. The number of carbonyl (C=O) groups is 1. The van der Waals surface area contributed by atoms with E-state index in [1.807, 2.05) is 26.8 Å². The van der Waals surface area contributed by atoms with E-state index in [4.69, 9.17) is 23.2 Å². The minimum atomic E-state index is -0.896. The standard InChI is InChI=1S/C14H17Cl2NO2/c1-14(2,3)17(13(18)19)10-5-8-4-9(15)6-12(16)11(8)7-10/h4,6,10H,5,7H2,1-3H3,(H,18,19). The van der Waals surface area contributed by atoms with Crippen LogP contribution >= 0.6 is 23.2 Å². The Kier molecular flexibility index (Phi) is 3.72. The maximum absolute atomic E-state index is 11.5. The number of halogens is 2. The van der Waals surface area contributed by atoms with Gasteiger partial charge in [-0.2, -0.15) is 0 Å². The summed E-state index contributed by atoms with van der Waals surface area (Å²) in [5.74, 6) is 0. The van der Waals surface area contributed by atoms with Gasteiger partial charge in [-0.15, -0.1) is 0 Å². The second kappa shape index (κ2) is 4.88. The fourth-order valence-corrected chi connectivity index (χ4v) is 3.42. The molecule has 0 fully saturated rings. The Morgan fingerprint density at radius 2 is 1.95 bits per heavy atom. The van der Waals surface area contributed by atoms with E-state index < -0.39 is 11.6 Å². The SMILES string of the molecule is CC(C)(C)N(C(=O)O)C1Cc2cc(Cl)cc(Cl)c2C1. The molecule has 0 radical (unpaired) electrons. The molecule has 2 rings (SSSR count). The molecule has 19 heavy (non-hydrogen) atoms. The van der Waals surface area contributed by atoms with Crippen molar-refractivity contribution < 1.29 is 9.90 Å². The molecule has 104 valence electrons. The van der Waals surface area contributed by atoms with Crippen LogP contribution in [0.15, 0.2) is 12.1 Å². The molecule has 1 aliphatic rings. The van der Waals surface area contributed by atoms with Gasteiger partial charge in [0.25, 0.3) is 0 Å². The maximum atomic E-state index is 11.5. The molecule has 1 unspecified atom stereocenters. The quantitative estimate of drug-likeness (QED) is 0.843. The summed E-state index contributed by atoms with van der Waals surface area (Å²) in [7, 11) is 0. The van der Waals surface area contributed by atoms with Gasteiger partial charge in [-0.25, -0.2) is 4.79 Å². The third-order valence-corrected chi connectivity index (χ3v) is 4.00. The number of amides is 1. The highest BCUT2D eigenvalue weighted by molar-refractivity contribution is 6.35. The second-order valence-corrected chi connectivity index (χ2v) is 6.75. The highest BCUT2D eigenvalue weighted by Gasteiger charge is 2.37. The van der Waals surface area contributed by atoms with E-state index in [0.717, 1.165) is 11.1 Å². The minimum Gasteiger partial charge on any atom is -0.465 e. The van der Waals surface area contributed by atoms with Crippen molar-refractivity contribution in [2.75, 3.05) is 0 Å². The van der Waals surface area contributed by atoms with Crippen LogP contribution in [0.3, 0.4) is 0 Å². The topological polar surface area (TPSA) is 40.5 Å². The molecular weight excluding hydrogens is 285 g/mol. The zero-order valence-corrected chi connectivity index (χ0v) is 12.7. The number of fused-ring (bicyclic) bond motifs is 1. The summed E-state index contributed by atoms with van der Waals surface area (Å²) in [6, 6.07) is 3.52. The molecule has 1 aliphatic carbocycles. The zero-order valence-electron chi connectivity index (χ0n) is 11.2. The Bertz CT molecular complexity index is 523. The van der Waals surface area contributed by atoms with Crippen LogP contribution in [0.2, 0.25) is 10.0 Å². The number of nitrogens with zero attached hydrogens (tertiary/aromatic N) is 1. The van der Waals surface area contributed by atoms with Crippen LogP contribution in [-0.2, 0) is 12.8 Å². The van der Waals surface area contributed by atoms with Gasteiger partial charge in [0.05, 0.1) is 0 Å². The van der Waals surface area contributed by atoms with E-state index in [0.29, 0.717) is 22.9 Å². The number of hydrogen-bond donors (Lipinski definition) is 1. The molecule has 1 aromatic carbocycles. The molecule has 1 N–H and O–H groups in total. The Morgan fingerprint density at radius 1 is 1.32 bits per heavy atom. The number of hydrogen-bond acceptors (Lipinski definition) is 1. The molecular formula is C14H17Cl2NO2. The van der Waals surface area contributed by atoms with Crippen LogP contribution < -0.4 is 0 Å². The molecule has 0 heterocycles. The Balaban J connectivity index is 2.33. The van der Waals surface area contributed by atoms with E-state index in [9.17, 15) is 9.90 Å². The normalized spacial score (nSPS) is 18.3. The van der Waals surface area contributed by atoms with Gasteiger partial charge in [0.2, 0.25) is 0 Å². The number of carboxylic acid groups (broad SMARTS) is 1. The van der Waals surface area contributed by atoms with Crippen LogP contribution in [0, 0.1) is 0 Å². The van der Waals surface area contributed by atoms with Crippen LogP contribution in [0.5, 0.6) is 0 Å². The van der Waals surface area contributed by atoms with Crippen molar-refractivity contribution in [1.82, 2.24) is 4.90 Å². The van der Waals surface area contributed by atoms with Crippen LogP contribution in [0.25, 0.3) is 0 Å². The third-order valence-electron chi connectivity index (χ3n) is 3.44. The first-order valence-corrected chi connectivity index (χ1v) is 6.95. The molecule has 0 aromatic heterocycles. The van der Waals surface area contributed by atoms with E-state index in [-0.39, 0.29) is 6.04 Å². The smallest absolute Gasteiger partial charge is 0.408 e. The summed E-state index contributed by atoms with van der Waals surface area (Å²) in [6.45, 7) is 5.70. The average Bonchev–Trinajstić information content (AvgIpc) is 2.57. The Morgan fingerprint density at radius 3 is 2.47 bits per heavy atom. The molecule has 0 saturated carbocycles. The first-order chi connectivity index (χ1) is 8.70. The summed E-state index contributed by atoms with van der Waals surface area (Å²) >= 11 is 12.2.